The molecule has 0 aliphatic carbocycles. The number of halogens is 1. The van der Waals surface area contributed by atoms with E-state index in [-0.39, 0.29) is 12.6 Å². The van der Waals surface area contributed by atoms with Crippen molar-refractivity contribution in [3.63, 3.8) is 0 Å². The van der Waals surface area contributed by atoms with Crippen LogP contribution in [0, 0.1) is 12.7 Å². The Kier molecular flexibility index (Phi) is 6.84. The Bertz CT molecular complexity index is 1430. The molecule has 36 heavy (non-hydrogen) atoms. The Labute approximate surface area is 209 Å². The zero-order chi connectivity index (χ0) is 26.0. The Morgan fingerprint density at radius 1 is 0.917 bits per heavy atom. The van der Waals surface area contributed by atoms with Gasteiger partial charge in [0, 0.05) is 12.3 Å². The Morgan fingerprint density at radius 3 is 2.25 bits per heavy atom. The first-order valence-electron chi connectivity index (χ1n) is 11.6. The van der Waals surface area contributed by atoms with E-state index in [1.165, 1.54) is 23.6 Å². The average molecular weight is 490 g/mol. The summed E-state index contributed by atoms with van der Waals surface area (Å²) in [4.78, 5) is 24.2. The van der Waals surface area contributed by atoms with E-state index in [4.69, 9.17) is 14.2 Å². The molecule has 0 saturated carbocycles. The van der Waals surface area contributed by atoms with Crippen LogP contribution in [-0.2, 0) is 16.1 Å². The van der Waals surface area contributed by atoms with Crippen LogP contribution in [0.5, 0.6) is 11.5 Å². The summed E-state index contributed by atoms with van der Waals surface area (Å²) in [5.41, 5.74) is 3.06. The fraction of sp³-hybridized carbons (Fsp3) is 0.241. The molecule has 0 radical (unpaired) electrons. The molecule has 6 nitrogen and oxygen atoms in total. The third kappa shape index (κ3) is 5.74. The second-order valence-corrected chi connectivity index (χ2v) is 9.54. The second-order valence-electron chi connectivity index (χ2n) is 9.54. The summed E-state index contributed by atoms with van der Waals surface area (Å²) in [6, 6.07) is 19.2. The van der Waals surface area contributed by atoms with E-state index in [0.717, 1.165) is 16.7 Å². The van der Waals surface area contributed by atoms with Crippen LogP contribution in [0.3, 0.4) is 0 Å². The van der Waals surface area contributed by atoms with Gasteiger partial charge in [-0.05, 0) is 92.9 Å². The first-order chi connectivity index (χ1) is 17.0. The minimum absolute atomic E-state index is 0.0884. The summed E-state index contributed by atoms with van der Waals surface area (Å²) in [6.45, 7) is 8.68. The third-order valence-corrected chi connectivity index (χ3v) is 5.42. The van der Waals surface area contributed by atoms with Gasteiger partial charge < -0.3 is 14.2 Å². The van der Waals surface area contributed by atoms with Crippen molar-refractivity contribution in [3.05, 3.63) is 83.8 Å². The SMILES string of the molecule is CC(=O)Oc1ccc(-c2ccc(OCc3cc4ccc(F)cc4n3C(=O)OC(C)(C)C)cc2)cc1C. The molecule has 4 aromatic rings. The number of carbonyl (C=O) groups excluding carboxylic acids is 2. The molecule has 4 rings (SSSR count). The lowest BCUT2D eigenvalue weighted by molar-refractivity contribution is -0.131. The van der Waals surface area contributed by atoms with Crippen molar-refractivity contribution in [3.8, 4) is 22.6 Å². The van der Waals surface area contributed by atoms with Gasteiger partial charge in [-0.2, -0.15) is 0 Å². The molecule has 0 atom stereocenters. The van der Waals surface area contributed by atoms with Gasteiger partial charge in [0.15, 0.2) is 0 Å². The highest BCUT2D eigenvalue weighted by Crippen LogP contribution is 2.29. The van der Waals surface area contributed by atoms with Gasteiger partial charge in [0.2, 0.25) is 0 Å². The fourth-order valence-electron chi connectivity index (χ4n) is 3.86. The van der Waals surface area contributed by atoms with Crippen molar-refractivity contribution in [2.45, 2.75) is 46.8 Å². The Hall–Kier alpha value is -4.13. The molecule has 3 aromatic carbocycles. The zero-order valence-electron chi connectivity index (χ0n) is 20.9. The predicted molar refractivity (Wildman–Crippen MR) is 136 cm³/mol. The third-order valence-electron chi connectivity index (χ3n) is 5.42. The van der Waals surface area contributed by atoms with Crippen LogP contribution in [0.4, 0.5) is 9.18 Å². The summed E-state index contributed by atoms with van der Waals surface area (Å²) in [5, 5.41) is 0.712. The van der Waals surface area contributed by atoms with E-state index >= 15 is 0 Å². The van der Waals surface area contributed by atoms with Gasteiger partial charge in [-0.3, -0.25) is 4.79 Å². The van der Waals surface area contributed by atoms with Crippen molar-refractivity contribution >= 4 is 23.0 Å². The van der Waals surface area contributed by atoms with Gasteiger partial charge in [0.25, 0.3) is 0 Å². The topological polar surface area (TPSA) is 66.8 Å². The van der Waals surface area contributed by atoms with Gasteiger partial charge >= 0.3 is 12.1 Å². The lowest BCUT2D eigenvalue weighted by Gasteiger charge is -2.21. The van der Waals surface area contributed by atoms with Crippen LogP contribution in [0.1, 0.15) is 39.0 Å². The quantitative estimate of drug-likeness (QED) is 0.222. The van der Waals surface area contributed by atoms with Crippen LogP contribution < -0.4 is 9.47 Å². The van der Waals surface area contributed by atoms with Crippen LogP contribution >= 0.6 is 0 Å². The molecular formula is C29H28FNO5. The molecule has 0 aliphatic heterocycles. The van der Waals surface area contributed by atoms with Gasteiger partial charge in [-0.1, -0.05) is 18.2 Å². The smallest absolute Gasteiger partial charge is 0.419 e. The molecule has 0 N–H and O–H groups in total. The Balaban J connectivity index is 1.54. The number of nitrogens with zero attached hydrogens (tertiary/aromatic N) is 1. The first kappa shape index (κ1) is 25.0. The van der Waals surface area contributed by atoms with E-state index in [9.17, 15) is 14.0 Å². The number of hydrogen-bond donors (Lipinski definition) is 0. The maximum absolute atomic E-state index is 13.9. The molecule has 0 aliphatic rings. The maximum atomic E-state index is 13.9. The minimum Gasteiger partial charge on any atom is -0.487 e. The number of esters is 1. The molecule has 0 unspecified atom stereocenters. The molecule has 1 aromatic heterocycles. The van der Waals surface area contributed by atoms with Crippen molar-refractivity contribution in [2.24, 2.45) is 0 Å². The predicted octanol–water partition coefficient (Wildman–Crippen LogP) is 7.04. The summed E-state index contributed by atoms with van der Waals surface area (Å²) in [6.07, 6.45) is -0.593. The number of rotatable bonds is 5. The molecule has 1 heterocycles. The highest BCUT2D eigenvalue weighted by atomic mass is 19.1. The summed E-state index contributed by atoms with van der Waals surface area (Å²) in [5.74, 6) is 0.346. The largest absolute Gasteiger partial charge is 0.487 e. The number of fused-ring (bicyclic) bond motifs is 1. The van der Waals surface area contributed by atoms with E-state index in [0.29, 0.717) is 28.1 Å². The van der Waals surface area contributed by atoms with Gasteiger partial charge in [-0.15, -0.1) is 0 Å². The first-order valence-corrected chi connectivity index (χ1v) is 11.6. The molecule has 7 heteroatoms. The number of benzene rings is 3. The number of hydrogen-bond acceptors (Lipinski definition) is 5. The number of aryl methyl sites for hydroxylation is 1. The molecule has 0 saturated heterocycles. The van der Waals surface area contributed by atoms with Crippen molar-refractivity contribution in [1.29, 1.82) is 0 Å². The normalized spacial score (nSPS) is 11.4. The van der Waals surface area contributed by atoms with E-state index < -0.39 is 17.5 Å². The van der Waals surface area contributed by atoms with Gasteiger partial charge in [-0.25, -0.2) is 13.8 Å². The van der Waals surface area contributed by atoms with Crippen LogP contribution in [0.15, 0.2) is 66.7 Å². The van der Waals surface area contributed by atoms with Gasteiger partial charge in [0.05, 0.1) is 11.2 Å². The second kappa shape index (κ2) is 9.85. The monoisotopic (exact) mass is 489 g/mol. The van der Waals surface area contributed by atoms with Crippen LogP contribution in [0.25, 0.3) is 22.0 Å². The fourth-order valence-corrected chi connectivity index (χ4v) is 3.86. The maximum Gasteiger partial charge on any atom is 0.419 e. The number of carbonyl (C=O) groups is 2. The Morgan fingerprint density at radius 2 is 1.61 bits per heavy atom. The minimum atomic E-state index is -0.705. The van der Waals surface area contributed by atoms with Crippen molar-refractivity contribution in [1.82, 2.24) is 4.57 Å². The van der Waals surface area contributed by atoms with Crippen LogP contribution in [0.2, 0.25) is 0 Å². The molecule has 0 bridgehead atoms. The van der Waals surface area contributed by atoms with Crippen LogP contribution in [-0.4, -0.2) is 22.2 Å². The highest BCUT2D eigenvalue weighted by Gasteiger charge is 2.22. The number of ether oxygens (including phenoxy) is 3. The molecular weight excluding hydrogens is 461 g/mol. The summed E-state index contributed by atoms with van der Waals surface area (Å²) < 4.78 is 32.0. The number of aromatic nitrogens is 1. The molecule has 0 amide bonds. The van der Waals surface area contributed by atoms with Crippen molar-refractivity contribution in [2.75, 3.05) is 0 Å². The summed E-state index contributed by atoms with van der Waals surface area (Å²) >= 11 is 0. The van der Waals surface area contributed by atoms with Crippen molar-refractivity contribution < 1.29 is 28.2 Å². The van der Waals surface area contributed by atoms with E-state index in [1.807, 2.05) is 43.3 Å². The molecule has 0 spiro atoms. The lowest BCUT2D eigenvalue weighted by Crippen LogP contribution is -2.28. The lowest BCUT2D eigenvalue weighted by atomic mass is 10.0. The highest BCUT2D eigenvalue weighted by molar-refractivity contribution is 5.91. The zero-order valence-corrected chi connectivity index (χ0v) is 20.9. The van der Waals surface area contributed by atoms with E-state index in [2.05, 4.69) is 0 Å². The van der Waals surface area contributed by atoms with E-state index in [1.54, 1.807) is 39.0 Å². The molecule has 0 fully saturated rings. The standard InChI is InChI=1S/C29H28FNO5/c1-18-14-21(9-13-27(18)35-19(2)32)20-7-11-25(12-8-20)34-17-24-15-22-6-10-23(30)16-26(22)31(24)28(33)36-29(3,4)5/h6-16H,17H2,1-5H3. The summed E-state index contributed by atoms with van der Waals surface area (Å²) in [7, 11) is 0. The average Bonchev–Trinajstić information content (AvgIpc) is 3.15. The van der Waals surface area contributed by atoms with Gasteiger partial charge in [0.1, 0.15) is 29.5 Å². The molecule has 186 valence electrons.